The smallest absolute Gasteiger partial charge is 0.263 e. The number of nitrogens with one attached hydrogen (secondary N) is 2. The lowest BCUT2D eigenvalue weighted by molar-refractivity contribution is 0.0957. The molecule has 0 spiro atoms. The fourth-order valence-electron chi connectivity index (χ4n) is 2.38. The number of aromatic amines is 1. The van der Waals surface area contributed by atoms with Crippen LogP contribution in [0.2, 0.25) is 4.34 Å². The van der Waals surface area contributed by atoms with E-state index in [0.717, 1.165) is 27.9 Å². The van der Waals surface area contributed by atoms with Crippen molar-refractivity contribution >= 4 is 52.4 Å². The Kier molecular flexibility index (Phi) is 5.67. The Bertz CT molecular complexity index is 955. The highest BCUT2D eigenvalue weighted by Crippen LogP contribution is 2.34. The number of hydrogen-bond acceptors (Lipinski definition) is 6. The Morgan fingerprint density at radius 3 is 2.92 bits per heavy atom. The van der Waals surface area contributed by atoms with E-state index in [0.29, 0.717) is 27.0 Å². The molecule has 1 amide bonds. The number of aromatic nitrogens is 4. The Morgan fingerprint density at radius 1 is 1.44 bits per heavy atom. The van der Waals surface area contributed by atoms with E-state index in [4.69, 9.17) is 23.8 Å². The molecule has 0 saturated heterocycles. The van der Waals surface area contributed by atoms with E-state index in [2.05, 4.69) is 20.5 Å². The molecule has 6 nitrogen and oxygen atoms in total. The van der Waals surface area contributed by atoms with Crippen LogP contribution in [-0.4, -0.2) is 32.2 Å². The van der Waals surface area contributed by atoms with Crippen molar-refractivity contribution in [3.8, 4) is 9.88 Å². The first-order valence-electron chi connectivity index (χ1n) is 7.65. The van der Waals surface area contributed by atoms with Crippen LogP contribution < -0.4 is 5.32 Å². The number of thiophene rings is 1. The summed E-state index contributed by atoms with van der Waals surface area (Å²) in [5.41, 5.74) is 0.721. The third-order valence-electron chi connectivity index (χ3n) is 3.57. The quantitative estimate of drug-likeness (QED) is 0.597. The second-order valence-electron chi connectivity index (χ2n) is 5.23. The summed E-state index contributed by atoms with van der Waals surface area (Å²) in [5, 5.41) is 10.7. The van der Waals surface area contributed by atoms with Crippen LogP contribution in [0.1, 0.15) is 28.1 Å². The monoisotopic (exact) mass is 413 g/mol. The van der Waals surface area contributed by atoms with Crippen LogP contribution in [0.5, 0.6) is 0 Å². The number of thiazole rings is 1. The highest BCUT2D eigenvalue weighted by molar-refractivity contribution is 7.71. The molecule has 0 aromatic carbocycles. The first kappa shape index (κ1) is 18.2. The predicted octanol–water partition coefficient (Wildman–Crippen LogP) is 4.08. The van der Waals surface area contributed by atoms with E-state index in [1.807, 2.05) is 30.5 Å². The summed E-state index contributed by atoms with van der Waals surface area (Å²) in [4.78, 5) is 18.5. The lowest BCUT2D eigenvalue weighted by Gasteiger charge is -2.05. The minimum atomic E-state index is -0.124. The van der Waals surface area contributed by atoms with Crippen molar-refractivity contribution in [3.63, 3.8) is 0 Å². The third-order valence-corrected chi connectivity index (χ3v) is 6.44. The highest BCUT2D eigenvalue weighted by Gasteiger charge is 2.17. The van der Waals surface area contributed by atoms with Gasteiger partial charge in [-0.2, -0.15) is 5.10 Å². The van der Waals surface area contributed by atoms with Gasteiger partial charge < -0.3 is 9.88 Å². The number of amides is 1. The molecule has 0 saturated carbocycles. The number of hydrogen-bond donors (Lipinski definition) is 2. The maximum absolute atomic E-state index is 12.4. The lowest BCUT2D eigenvalue weighted by atomic mass is 10.3. The van der Waals surface area contributed by atoms with E-state index in [-0.39, 0.29) is 5.91 Å². The van der Waals surface area contributed by atoms with E-state index in [1.54, 1.807) is 0 Å². The van der Waals surface area contributed by atoms with Crippen LogP contribution in [0.3, 0.4) is 0 Å². The van der Waals surface area contributed by atoms with Gasteiger partial charge in [0.15, 0.2) is 4.77 Å². The van der Waals surface area contributed by atoms with Crippen molar-refractivity contribution in [1.82, 2.24) is 25.1 Å². The van der Waals surface area contributed by atoms with Crippen molar-refractivity contribution in [1.29, 1.82) is 0 Å². The molecule has 25 heavy (non-hydrogen) atoms. The van der Waals surface area contributed by atoms with Crippen molar-refractivity contribution in [2.75, 3.05) is 6.54 Å². The molecule has 0 bridgehead atoms. The van der Waals surface area contributed by atoms with Crippen LogP contribution >= 0.6 is 46.5 Å². The first-order chi connectivity index (χ1) is 12.0. The molecule has 0 radical (unpaired) electrons. The summed E-state index contributed by atoms with van der Waals surface area (Å²) in [6.45, 7) is 5.08. The van der Waals surface area contributed by atoms with Gasteiger partial charge in [-0.1, -0.05) is 11.6 Å². The molecule has 0 atom stereocenters. The zero-order valence-electron chi connectivity index (χ0n) is 13.6. The van der Waals surface area contributed by atoms with Gasteiger partial charge in [0.2, 0.25) is 0 Å². The van der Waals surface area contributed by atoms with Gasteiger partial charge in [-0.25, -0.2) is 4.98 Å². The third kappa shape index (κ3) is 4.00. The Labute approximate surface area is 162 Å². The molecule has 3 aromatic heterocycles. The molecular weight excluding hydrogens is 398 g/mol. The number of carbonyl (C=O) groups is 1. The zero-order valence-corrected chi connectivity index (χ0v) is 16.8. The summed E-state index contributed by atoms with van der Waals surface area (Å²) in [6.07, 6.45) is 0.609. The molecule has 2 N–H and O–H groups in total. The SMILES string of the molecule is CCn1c(CCNC(=O)c2sc(-c3ccc(Cl)s3)nc2C)n[nH]c1=S. The van der Waals surface area contributed by atoms with Crippen LogP contribution in [0.15, 0.2) is 12.1 Å². The van der Waals surface area contributed by atoms with Crippen molar-refractivity contribution < 1.29 is 4.79 Å². The number of halogens is 1. The average molecular weight is 414 g/mol. The Balaban J connectivity index is 1.65. The summed E-state index contributed by atoms with van der Waals surface area (Å²) in [7, 11) is 0. The van der Waals surface area contributed by atoms with Crippen LogP contribution in [-0.2, 0) is 13.0 Å². The van der Waals surface area contributed by atoms with Gasteiger partial charge in [-0.05, 0) is 38.2 Å². The summed E-state index contributed by atoms with van der Waals surface area (Å²) >= 11 is 14.0. The number of rotatable bonds is 6. The molecule has 0 fully saturated rings. The molecule has 0 aliphatic rings. The second-order valence-corrected chi connectivity index (χ2v) is 8.33. The van der Waals surface area contributed by atoms with Crippen LogP contribution in [0.25, 0.3) is 9.88 Å². The largest absolute Gasteiger partial charge is 0.351 e. The molecule has 0 aliphatic heterocycles. The summed E-state index contributed by atoms with van der Waals surface area (Å²) < 4.78 is 3.22. The molecule has 132 valence electrons. The van der Waals surface area contributed by atoms with Gasteiger partial charge in [-0.15, -0.1) is 22.7 Å². The van der Waals surface area contributed by atoms with E-state index in [1.165, 1.54) is 22.7 Å². The standard InChI is InChI=1S/C15H16ClN5OS3/c1-3-21-11(19-20-15(21)23)6-7-17-13(22)12-8(2)18-14(25-12)9-4-5-10(16)24-9/h4-5H,3,6-7H2,1-2H3,(H,17,22)(H,20,23). The zero-order chi connectivity index (χ0) is 18.0. The van der Waals surface area contributed by atoms with E-state index >= 15 is 0 Å². The minimum absolute atomic E-state index is 0.124. The Morgan fingerprint density at radius 2 is 2.24 bits per heavy atom. The fraction of sp³-hybridized carbons (Fsp3) is 0.333. The summed E-state index contributed by atoms with van der Waals surface area (Å²) in [5.74, 6) is 0.712. The minimum Gasteiger partial charge on any atom is -0.351 e. The average Bonchev–Trinajstić information content (AvgIpc) is 3.26. The van der Waals surface area contributed by atoms with Gasteiger partial charge in [0.25, 0.3) is 5.91 Å². The molecule has 0 aliphatic carbocycles. The maximum Gasteiger partial charge on any atom is 0.263 e. The van der Waals surface area contributed by atoms with Crippen molar-refractivity contribution in [2.45, 2.75) is 26.8 Å². The lowest BCUT2D eigenvalue weighted by Crippen LogP contribution is -2.26. The number of carbonyl (C=O) groups excluding carboxylic acids is 1. The normalized spacial score (nSPS) is 11.0. The summed E-state index contributed by atoms with van der Waals surface area (Å²) in [6, 6.07) is 3.75. The van der Waals surface area contributed by atoms with Crippen molar-refractivity contribution in [3.05, 3.63) is 37.6 Å². The van der Waals surface area contributed by atoms with E-state index in [9.17, 15) is 4.79 Å². The highest BCUT2D eigenvalue weighted by atomic mass is 35.5. The number of aryl methyl sites for hydroxylation is 1. The van der Waals surface area contributed by atoms with Crippen molar-refractivity contribution in [2.24, 2.45) is 0 Å². The molecule has 3 heterocycles. The molecule has 10 heteroatoms. The van der Waals surface area contributed by atoms with Crippen LogP contribution in [0, 0.1) is 11.7 Å². The number of nitrogens with zero attached hydrogens (tertiary/aromatic N) is 3. The first-order valence-corrected chi connectivity index (χ1v) is 10.1. The van der Waals surface area contributed by atoms with Gasteiger partial charge in [0, 0.05) is 19.5 Å². The van der Waals surface area contributed by atoms with Crippen LogP contribution in [0.4, 0.5) is 0 Å². The van der Waals surface area contributed by atoms with Gasteiger partial charge in [0.05, 0.1) is 14.9 Å². The van der Waals surface area contributed by atoms with Gasteiger partial charge in [0.1, 0.15) is 15.7 Å². The number of H-pyrrole nitrogens is 1. The molecule has 3 rings (SSSR count). The molecule has 0 unspecified atom stereocenters. The Hall–Kier alpha value is -1.55. The maximum atomic E-state index is 12.4. The van der Waals surface area contributed by atoms with E-state index < -0.39 is 0 Å². The topological polar surface area (TPSA) is 75.6 Å². The fourth-order valence-corrected chi connectivity index (χ4v) is 4.74. The van der Waals surface area contributed by atoms with Gasteiger partial charge >= 0.3 is 0 Å². The second kappa shape index (κ2) is 7.77. The predicted molar refractivity (Wildman–Crippen MR) is 104 cm³/mol. The van der Waals surface area contributed by atoms with Gasteiger partial charge in [-0.3, -0.25) is 9.89 Å². The molecular formula is C15H16ClN5OS3. The molecule has 3 aromatic rings.